The molecule has 2 fully saturated rings. The van der Waals surface area contributed by atoms with E-state index in [-0.39, 0.29) is 0 Å². The SMILES string of the molecule is CN=C(NCC1CCN(C)C1)NC1CCN(c2cc(OC)cc(OC)c2)CC1. The molecule has 0 aromatic heterocycles. The lowest BCUT2D eigenvalue weighted by Crippen LogP contribution is -2.49. The van der Waals surface area contributed by atoms with Crippen molar-refractivity contribution in [2.75, 3.05) is 65.9 Å². The maximum absolute atomic E-state index is 5.41. The summed E-state index contributed by atoms with van der Waals surface area (Å²) in [5, 5.41) is 7.12. The Bertz CT molecular complexity index is 636. The number of anilines is 1. The number of hydrogen-bond acceptors (Lipinski definition) is 5. The molecule has 0 radical (unpaired) electrons. The number of ether oxygens (including phenoxy) is 2. The van der Waals surface area contributed by atoms with Crippen molar-refractivity contribution in [3.05, 3.63) is 18.2 Å². The predicted octanol–water partition coefficient (Wildman–Crippen LogP) is 1.79. The summed E-state index contributed by atoms with van der Waals surface area (Å²) in [7, 11) is 7.43. The minimum absolute atomic E-state index is 0.446. The van der Waals surface area contributed by atoms with Crippen LogP contribution in [-0.2, 0) is 0 Å². The van der Waals surface area contributed by atoms with Crippen LogP contribution >= 0.6 is 0 Å². The van der Waals surface area contributed by atoms with Crippen LogP contribution in [0.25, 0.3) is 0 Å². The lowest BCUT2D eigenvalue weighted by Gasteiger charge is -2.35. The number of piperidine rings is 1. The number of likely N-dealkylation sites (tertiary alicyclic amines) is 1. The van der Waals surface area contributed by atoms with Gasteiger partial charge in [0, 0.05) is 63.2 Å². The van der Waals surface area contributed by atoms with E-state index in [9.17, 15) is 0 Å². The number of benzene rings is 1. The van der Waals surface area contributed by atoms with Crippen LogP contribution in [0.15, 0.2) is 23.2 Å². The summed E-state index contributed by atoms with van der Waals surface area (Å²) in [6.07, 6.45) is 3.42. The fourth-order valence-electron chi connectivity index (χ4n) is 4.08. The molecule has 1 unspecified atom stereocenters. The Kier molecular flexibility index (Phi) is 7.25. The lowest BCUT2D eigenvalue weighted by atomic mass is 10.0. The van der Waals surface area contributed by atoms with E-state index in [1.165, 1.54) is 19.5 Å². The lowest BCUT2D eigenvalue weighted by molar-refractivity contribution is 0.392. The maximum atomic E-state index is 5.41. The van der Waals surface area contributed by atoms with Gasteiger partial charge in [-0.1, -0.05) is 0 Å². The van der Waals surface area contributed by atoms with Crippen LogP contribution in [0.4, 0.5) is 5.69 Å². The Morgan fingerprint density at radius 3 is 2.29 bits per heavy atom. The minimum atomic E-state index is 0.446. The van der Waals surface area contributed by atoms with E-state index in [4.69, 9.17) is 9.47 Å². The molecule has 0 saturated carbocycles. The van der Waals surface area contributed by atoms with Crippen LogP contribution in [0.1, 0.15) is 19.3 Å². The second kappa shape index (κ2) is 9.87. The van der Waals surface area contributed by atoms with Crippen molar-refractivity contribution in [3.63, 3.8) is 0 Å². The number of aliphatic imine (C=N–C) groups is 1. The Labute approximate surface area is 169 Å². The van der Waals surface area contributed by atoms with Crippen LogP contribution in [0.5, 0.6) is 11.5 Å². The normalized spacial score (nSPS) is 21.6. The van der Waals surface area contributed by atoms with Crippen LogP contribution in [0.2, 0.25) is 0 Å². The highest BCUT2D eigenvalue weighted by molar-refractivity contribution is 5.80. The van der Waals surface area contributed by atoms with Crippen molar-refractivity contribution in [3.8, 4) is 11.5 Å². The summed E-state index contributed by atoms with van der Waals surface area (Å²) in [6.45, 7) is 5.36. The highest BCUT2D eigenvalue weighted by Gasteiger charge is 2.23. The van der Waals surface area contributed by atoms with E-state index in [0.717, 1.165) is 55.6 Å². The molecule has 7 heteroatoms. The van der Waals surface area contributed by atoms with Gasteiger partial charge in [-0.2, -0.15) is 0 Å². The molecule has 1 aromatic carbocycles. The zero-order chi connectivity index (χ0) is 19.9. The summed E-state index contributed by atoms with van der Waals surface area (Å²) in [5.74, 6) is 3.30. The zero-order valence-electron chi connectivity index (χ0n) is 17.7. The second-order valence-corrected chi connectivity index (χ2v) is 7.85. The first kappa shape index (κ1) is 20.6. The fraction of sp³-hybridized carbons (Fsp3) is 0.667. The molecule has 156 valence electrons. The molecule has 7 nitrogen and oxygen atoms in total. The number of nitrogens with zero attached hydrogens (tertiary/aromatic N) is 3. The number of methoxy groups -OCH3 is 2. The number of nitrogens with one attached hydrogen (secondary N) is 2. The largest absolute Gasteiger partial charge is 0.497 e. The van der Waals surface area contributed by atoms with E-state index in [1.807, 2.05) is 13.1 Å². The molecule has 28 heavy (non-hydrogen) atoms. The number of guanidine groups is 1. The molecular formula is C21H35N5O2. The summed E-state index contributed by atoms with van der Waals surface area (Å²) in [4.78, 5) is 9.21. The summed E-state index contributed by atoms with van der Waals surface area (Å²) in [6, 6.07) is 6.52. The molecule has 0 aliphatic carbocycles. The van der Waals surface area contributed by atoms with E-state index in [2.05, 4.69) is 44.6 Å². The highest BCUT2D eigenvalue weighted by Crippen LogP contribution is 2.30. The van der Waals surface area contributed by atoms with E-state index < -0.39 is 0 Å². The Balaban J connectivity index is 1.48. The van der Waals surface area contributed by atoms with Crippen molar-refractivity contribution in [2.45, 2.75) is 25.3 Å². The molecule has 1 aromatic rings. The average molecular weight is 390 g/mol. The first-order chi connectivity index (χ1) is 13.6. The van der Waals surface area contributed by atoms with E-state index in [1.54, 1.807) is 14.2 Å². The van der Waals surface area contributed by atoms with Gasteiger partial charge in [0.1, 0.15) is 11.5 Å². The Hall–Kier alpha value is -2.15. The molecule has 2 aliphatic heterocycles. The van der Waals surface area contributed by atoms with Crippen LogP contribution in [-0.4, -0.2) is 77.9 Å². The van der Waals surface area contributed by atoms with E-state index >= 15 is 0 Å². The number of rotatable bonds is 6. The molecule has 2 N–H and O–H groups in total. The third kappa shape index (κ3) is 5.44. The van der Waals surface area contributed by atoms with Gasteiger partial charge in [-0.3, -0.25) is 4.99 Å². The van der Waals surface area contributed by atoms with Gasteiger partial charge in [-0.25, -0.2) is 0 Å². The summed E-state index contributed by atoms with van der Waals surface area (Å²) >= 11 is 0. The van der Waals surface area contributed by atoms with Gasteiger partial charge < -0.3 is 29.9 Å². The van der Waals surface area contributed by atoms with E-state index in [0.29, 0.717) is 12.0 Å². The number of hydrogen-bond donors (Lipinski definition) is 2. The molecule has 0 bridgehead atoms. The molecule has 0 amide bonds. The maximum Gasteiger partial charge on any atom is 0.191 e. The first-order valence-electron chi connectivity index (χ1n) is 10.2. The monoisotopic (exact) mass is 389 g/mol. The highest BCUT2D eigenvalue weighted by atomic mass is 16.5. The van der Waals surface area contributed by atoms with Gasteiger partial charge in [-0.15, -0.1) is 0 Å². The Morgan fingerprint density at radius 1 is 1.07 bits per heavy atom. The standard InChI is InChI=1S/C21H35N5O2/c1-22-21(23-14-16-5-8-25(2)15-16)24-17-6-9-26(10-7-17)18-11-19(27-3)13-20(12-18)28-4/h11-13,16-17H,5-10,14-15H2,1-4H3,(H2,22,23,24). The van der Waals surface area contributed by atoms with Gasteiger partial charge in [-0.05, 0) is 38.8 Å². The fourth-order valence-corrected chi connectivity index (χ4v) is 4.08. The predicted molar refractivity (Wildman–Crippen MR) is 115 cm³/mol. The summed E-state index contributed by atoms with van der Waals surface area (Å²) < 4.78 is 10.8. The van der Waals surface area contributed by atoms with Crippen LogP contribution < -0.4 is 25.0 Å². The quantitative estimate of drug-likeness (QED) is 0.571. The van der Waals surface area contributed by atoms with Gasteiger partial charge in [0.2, 0.25) is 0 Å². The van der Waals surface area contributed by atoms with Gasteiger partial charge in [0.05, 0.1) is 14.2 Å². The minimum Gasteiger partial charge on any atom is -0.497 e. The topological polar surface area (TPSA) is 61.4 Å². The molecule has 2 saturated heterocycles. The van der Waals surface area contributed by atoms with Gasteiger partial charge >= 0.3 is 0 Å². The Morgan fingerprint density at radius 2 is 1.75 bits per heavy atom. The van der Waals surface area contributed by atoms with Gasteiger partial charge in [0.25, 0.3) is 0 Å². The molecule has 2 heterocycles. The van der Waals surface area contributed by atoms with Gasteiger partial charge in [0.15, 0.2) is 5.96 Å². The third-order valence-electron chi connectivity index (χ3n) is 5.81. The van der Waals surface area contributed by atoms with Crippen molar-refractivity contribution in [1.82, 2.24) is 15.5 Å². The summed E-state index contributed by atoms with van der Waals surface area (Å²) in [5.41, 5.74) is 1.16. The smallest absolute Gasteiger partial charge is 0.191 e. The molecule has 3 rings (SSSR count). The third-order valence-corrected chi connectivity index (χ3v) is 5.81. The van der Waals surface area contributed by atoms with Crippen LogP contribution in [0.3, 0.4) is 0 Å². The second-order valence-electron chi connectivity index (χ2n) is 7.85. The van der Waals surface area contributed by atoms with Crippen molar-refractivity contribution in [1.29, 1.82) is 0 Å². The molecule has 2 aliphatic rings. The zero-order valence-corrected chi connectivity index (χ0v) is 17.7. The average Bonchev–Trinajstić information content (AvgIpc) is 3.16. The van der Waals surface area contributed by atoms with Crippen molar-refractivity contribution in [2.24, 2.45) is 10.9 Å². The molecular weight excluding hydrogens is 354 g/mol. The van der Waals surface area contributed by atoms with Crippen molar-refractivity contribution < 1.29 is 9.47 Å². The molecule has 0 spiro atoms. The van der Waals surface area contributed by atoms with Crippen LogP contribution in [0, 0.1) is 5.92 Å². The van der Waals surface area contributed by atoms with Crippen molar-refractivity contribution >= 4 is 11.6 Å². The first-order valence-corrected chi connectivity index (χ1v) is 10.2. The molecule has 1 atom stereocenters.